The summed E-state index contributed by atoms with van der Waals surface area (Å²) in [6, 6.07) is 18.8. The van der Waals surface area contributed by atoms with Crippen LogP contribution in [0.4, 0.5) is 0 Å². The topological polar surface area (TPSA) is 49.9 Å². The second-order valence-corrected chi connectivity index (χ2v) is 8.74. The highest BCUT2D eigenvalue weighted by atomic mass is 16.5. The number of likely N-dealkylation sites (tertiary alicyclic amines) is 1. The third kappa shape index (κ3) is 4.82. The molecule has 2 aromatic carbocycles. The zero-order chi connectivity index (χ0) is 21.7. The third-order valence-electron chi connectivity index (χ3n) is 6.53. The van der Waals surface area contributed by atoms with E-state index in [0.29, 0.717) is 52.2 Å². The van der Waals surface area contributed by atoms with Gasteiger partial charge in [0.1, 0.15) is 0 Å². The second-order valence-electron chi connectivity index (χ2n) is 8.74. The molecule has 0 bridgehead atoms. The van der Waals surface area contributed by atoms with E-state index in [1.165, 1.54) is 11.1 Å². The maximum absolute atomic E-state index is 13.7. The monoisotopic (exact) mass is 420 g/mol. The van der Waals surface area contributed by atoms with Crippen molar-refractivity contribution >= 4 is 11.8 Å². The van der Waals surface area contributed by atoms with Crippen molar-refractivity contribution in [2.75, 3.05) is 39.4 Å². The van der Waals surface area contributed by atoms with Crippen LogP contribution in [-0.4, -0.2) is 61.0 Å². The number of carbonyl (C=O) groups is 2. The number of hydrogen-bond acceptors (Lipinski definition) is 3. The zero-order valence-electron chi connectivity index (χ0n) is 18.4. The highest BCUT2D eigenvalue weighted by Gasteiger charge is 2.47. The number of nitrogens with zero attached hydrogens (tertiary/aromatic N) is 2. The molecule has 2 heterocycles. The molecule has 1 unspecified atom stereocenters. The fraction of sp³-hybridized carbons (Fsp3) is 0.462. The standard InChI is InChI=1S/C26H32N2O3/c1-2-6-24(29)28-14-13-26(20-28,25(30)27-15-17-31-18-16-27)19-21-9-11-23(12-10-21)22-7-4-3-5-8-22/h3-5,7-12H,2,6,13-20H2,1H3. The van der Waals surface area contributed by atoms with Crippen LogP contribution in [0.5, 0.6) is 0 Å². The van der Waals surface area contributed by atoms with Crippen molar-refractivity contribution in [3.05, 3.63) is 60.2 Å². The van der Waals surface area contributed by atoms with Gasteiger partial charge in [-0.05, 0) is 36.0 Å². The summed E-state index contributed by atoms with van der Waals surface area (Å²) >= 11 is 0. The molecule has 2 saturated heterocycles. The largest absolute Gasteiger partial charge is 0.378 e. The Bertz CT molecular complexity index is 891. The van der Waals surface area contributed by atoms with Crippen LogP contribution in [0.15, 0.2) is 54.6 Å². The van der Waals surface area contributed by atoms with Gasteiger partial charge in [0.25, 0.3) is 0 Å². The average molecular weight is 421 g/mol. The Balaban J connectivity index is 1.56. The van der Waals surface area contributed by atoms with E-state index >= 15 is 0 Å². The lowest BCUT2D eigenvalue weighted by atomic mass is 9.79. The maximum atomic E-state index is 13.7. The highest BCUT2D eigenvalue weighted by molar-refractivity contribution is 5.86. The van der Waals surface area contributed by atoms with E-state index < -0.39 is 5.41 Å². The molecular formula is C26H32N2O3. The number of morpholine rings is 1. The van der Waals surface area contributed by atoms with Crippen LogP contribution >= 0.6 is 0 Å². The van der Waals surface area contributed by atoms with E-state index in [1.54, 1.807) is 0 Å². The van der Waals surface area contributed by atoms with Crippen LogP contribution in [-0.2, 0) is 20.7 Å². The van der Waals surface area contributed by atoms with Crippen molar-refractivity contribution in [3.63, 3.8) is 0 Å². The summed E-state index contributed by atoms with van der Waals surface area (Å²) in [5.41, 5.74) is 2.95. The number of amides is 2. The normalized spacial score (nSPS) is 21.3. The van der Waals surface area contributed by atoms with Gasteiger partial charge >= 0.3 is 0 Å². The first-order valence-corrected chi connectivity index (χ1v) is 11.4. The van der Waals surface area contributed by atoms with Crippen molar-refractivity contribution < 1.29 is 14.3 Å². The van der Waals surface area contributed by atoms with Gasteiger partial charge in [0.05, 0.1) is 18.6 Å². The second kappa shape index (κ2) is 9.65. The van der Waals surface area contributed by atoms with E-state index in [0.717, 1.165) is 18.4 Å². The van der Waals surface area contributed by atoms with Gasteiger partial charge in [-0.25, -0.2) is 0 Å². The molecule has 31 heavy (non-hydrogen) atoms. The Labute approximate surface area is 185 Å². The maximum Gasteiger partial charge on any atom is 0.231 e. The minimum atomic E-state index is -0.547. The Hall–Kier alpha value is -2.66. The van der Waals surface area contributed by atoms with Gasteiger partial charge in [-0.1, -0.05) is 61.5 Å². The molecule has 1 atom stereocenters. The molecular weight excluding hydrogens is 388 g/mol. The number of carbonyl (C=O) groups excluding carboxylic acids is 2. The van der Waals surface area contributed by atoms with Crippen LogP contribution in [0.3, 0.4) is 0 Å². The van der Waals surface area contributed by atoms with E-state index in [9.17, 15) is 9.59 Å². The lowest BCUT2D eigenvalue weighted by Crippen LogP contribution is -2.51. The Morgan fingerprint density at radius 1 is 0.903 bits per heavy atom. The van der Waals surface area contributed by atoms with Gasteiger partial charge < -0.3 is 14.5 Å². The predicted molar refractivity (Wildman–Crippen MR) is 122 cm³/mol. The van der Waals surface area contributed by atoms with E-state index in [4.69, 9.17) is 4.74 Å². The van der Waals surface area contributed by atoms with Gasteiger partial charge in [0.15, 0.2) is 0 Å². The molecule has 0 aliphatic carbocycles. The van der Waals surface area contributed by atoms with Gasteiger partial charge in [-0.15, -0.1) is 0 Å². The third-order valence-corrected chi connectivity index (χ3v) is 6.53. The van der Waals surface area contributed by atoms with E-state index in [2.05, 4.69) is 36.4 Å². The summed E-state index contributed by atoms with van der Waals surface area (Å²) in [5, 5.41) is 0. The molecule has 4 rings (SSSR count). The first-order valence-electron chi connectivity index (χ1n) is 11.4. The van der Waals surface area contributed by atoms with Gasteiger partial charge in [0, 0.05) is 32.6 Å². The lowest BCUT2D eigenvalue weighted by molar-refractivity contribution is -0.146. The first kappa shape index (κ1) is 21.6. The molecule has 2 aliphatic heterocycles. The highest BCUT2D eigenvalue weighted by Crippen LogP contribution is 2.37. The summed E-state index contributed by atoms with van der Waals surface area (Å²) in [5.74, 6) is 0.341. The smallest absolute Gasteiger partial charge is 0.231 e. The molecule has 0 N–H and O–H groups in total. The summed E-state index contributed by atoms with van der Waals surface area (Å²) in [6.07, 6.45) is 2.77. The summed E-state index contributed by atoms with van der Waals surface area (Å²) in [7, 11) is 0. The quantitative estimate of drug-likeness (QED) is 0.715. The molecule has 5 heteroatoms. The lowest BCUT2D eigenvalue weighted by Gasteiger charge is -2.36. The molecule has 2 aromatic rings. The minimum absolute atomic E-state index is 0.165. The van der Waals surface area contributed by atoms with Crippen LogP contribution in [0.1, 0.15) is 31.7 Å². The fourth-order valence-electron chi connectivity index (χ4n) is 4.79. The summed E-state index contributed by atoms with van der Waals surface area (Å²) in [4.78, 5) is 30.1. The number of rotatable bonds is 6. The molecule has 0 spiro atoms. The predicted octanol–water partition coefficient (Wildman–Crippen LogP) is 3.77. The number of ether oxygens (including phenoxy) is 1. The van der Waals surface area contributed by atoms with Crippen molar-refractivity contribution in [3.8, 4) is 11.1 Å². The van der Waals surface area contributed by atoms with Crippen LogP contribution in [0, 0.1) is 5.41 Å². The molecule has 0 aromatic heterocycles. The van der Waals surface area contributed by atoms with Crippen LogP contribution < -0.4 is 0 Å². The average Bonchev–Trinajstić information content (AvgIpc) is 3.26. The van der Waals surface area contributed by atoms with Crippen molar-refractivity contribution in [1.82, 2.24) is 9.80 Å². The molecule has 0 radical (unpaired) electrons. The molecule has 2 amide bonds. The molecule has 2 fully saturated rings. The van der Waals surface area contributed by atoms with Gasteiger partial charge in [-0.2, -0.15) is 0 Å². The van der Waals surface area contributed by atoms with Gasteiger partial charge in [-0.3, -0.25) is 9.59 Å². The Kier molecular flexibility index (Phi) is 6.71. The first-order chi connectivity index (χ1) is 15.1. The number of benzene rings is 2. The van der Waals surface area contributed by atoms with E-state index in [1.807, 2.05) is 34.9 Å². The minimum Gasteiger partial charge on any atom is -0.378 e. The molecule has 5 nitrogen and oxygen atoms in total. The van der Waals surface area contributed by atoms with Gasteiger partial charge in [0.2, 0.25) is 11.8 Å². The zero-order valence-corrected chi connectivity index (χ0v) is 18.4. The van der Waals surface area contributed by atoms with Crippen molar-refractivity contribution in [2.45, 2.75) is 32.6 Å². The Morgan fingerprint density at radius 2 is 1.58 bits per heavy atom. The molecule has 0 saturated carbocycles. The van der Waals surface area contributed by atoms with Crippen molar-refractivity contribution in [2.24, 2.45) is 5.41 Å². The SMILES string of the molecule is CCCC(=O)N1CCC(Cc2ccc(-c3ccccc3)cc2)(C(=O)N2CCOCC2)C1. The van der Waals surface area contributed by atoms with E-state index in [-0.39, 0.29) is 11.8 Å². The Morgan fingerprint density at radius 3 is 2.26 bits per heavy atom. The van der Waals surface area contributed by atoms with Crippen molar-refractivity contribution in [1.29, 1.82) is 0 Å². The summed E-state index contributed by atoms with van der Waals surface area (Å²) < 4.78 is 5.45. The number of hydrogen-bond donors (Lipinski definition) is 0. The van der Waals surface area contributed by atoms with Crippen LogP contribution in [0.25, 0.3) is 11.1 Å². The van der Waals surface area contributed by atoms with Crippen LogP contribution in [0.2, 0.25) is 0 Å². The fourth-order valence-corrected chi connectivity index (χ4v) is 4.79. The molecule has 2 aliphatic rings. The summed E-state index contributed by atoms with van der Waals surface area (Å²) in [6.45, 7) is 5.65. The molecule has 164 valence electrons.